The number of nitrogens with zero attached hydrogens (tertiary/aromatic N) is 4. The molecule has 7 heteroatoms. The highest BCUT2D eigenvalue weighted by Gasteiger charge is 2.24. The van der Waals surface area contributed by atoms with Crippen molar-refractivity contribution < 1.29 is 9.18 Å². The van der Waals surface area contributed by atoms with Gasteiger partial charge in [-0.05, 0) is 24.1 Å². The highest BCUT2D eigenvalue weighted by Crippen LogP contribution is 2.11. The van der Waals surface area contributed by atoms with Crippen molar-refractivity contribution in [3.63, 3.8) is 0 Å². The van der Waals surface area contributed by atoms with Crippen molar-refractivity contribution in [3.05, 3.63) is 52.0 Å². The molecule has 122 valence electrons. The van der Waals surface area contributed by atoms with E-state index in [0.717, 1.165) is 12.0 Å². The molecule has 0 fully saturated rings. The molecular formula is C16H19FN4O2. The van der Waals surface area contributed by atoms with Crippen molar-refractivity contribution in [1.82, 2.24) is 19.2 Å². The molecule has 1 aromatic carbocycles. The summed E-state index contributed by atoms with van der Waals surface area (Å²) in [5.74, 6) is 0.271. The van der Waals surface area contributed by atoms with Crippen LogP contribution in [0.3, 0.4) is 0 Å². The summed E-state index contributed by atoms with van der Waals surface area (Å²) in [5.41, 5.74) is 0.670. The van der Waals surface area contributed by atoms with Crippen LogP contribution >= 0.6 is 0 Å². The summed E-state index contributed by atoms with van der Waals surface area (Å²) in [7, 11) is 0. The number of aryl methyl sites for hydroxylation is 1. The maximum Gasteiger partial charge on any atom is 0.346 e. The fourth-order valence-corrected chi connectivity index (χ4v) is 2.76. The van der Waals surface area contributed by atoms with Gasteiger partial charge in [0.15, 0.2) is 5.82 Å². The highest BCUT2D eigenvalue weighted by atomic mass is 19.1. The largest absolute Gasteiger partial charge is 0.346 e. The Bertz CT molecular complexity index is 763. The third-order valence-corrected chi connectivity index (χ3v) is 3.98. The maximum absolute atomic E-state index is 12.9. The molecule has 0 spiro atoms. The van der Waals surface area contributed by atoms with Crippen LogP contribution in [0.15, 0.2) is 29.1 Å². The minimum atomic E-state index is -0.315. The average molecular weight is 318 g/mol. The van der Waals surface area contributed by atoms with E-state index < -0.39 is 0 Å². The number of halogens is 1. The third kappa shape index (κ3) is 3.18. The number of rotatable bonds is 4. The highest BCUT2D eigenvalue weighted by molar-refractivity contribution is 5.78. The van der Waals surface area contributed by atoms with E-state index in [1.54, 1.807) is 21.6 Å². The first-order chi connectivity index (χ1) is 11.1. The van der Waals surface area contributed by atoms with Crippen LogP contribution in [0.1, 0.15) is 24.7 Å². The van der Waals surface area contributed by atoms with Gasteiger partial charge in [-0.2, -0.15) is 5.10 Å². The third-order valence-electron chi connectivity index (χ3n) is 3.98. The summed E-state index contributed by atoms with van der Waals surface area (Å²) in [6.45, 7) is 3.87. The van der Waals surface area contributed by atoms with Crippen molar-refractivity contribution in [3.8, 4) is 0 Å². The van der Waals surface area contributed by atoms with Crippen molar-refractivity contribution in [1.29, 1.82) is 0 Å². The van der Waals surface area contributed by atoms with Gasteiger partial charge in [-0.1, -0.05) is 19.1 Å². The molecule has 1 aromatic heterocycles. The predicted molar refractivity (Wildman–Crippen MR) is 82.3 cm³/mol. The lowest BCUT2D eigenvalue weighted by molar-refractivity contribution is -0.132. The van der Waals surface area contributed by atoms with Gasteiger partial charge >= 0.3 is 5.69 Å². The number of hydrogen-bond acceptors (Lipinski definition) is 3. The van der Waals surface area contributed by atoms with Crippen LogP contribution in [0.5, 0.6) is 0 Å². The second-order valence-electron chi connectivity index (χ2n) is 5.69. The first-order valence-electron chi connectivity index (χ1n) is 7.77. The Morgan fingerprint density at radius 2 is 2.00 bits per heavy atom. The Balaban J connectivity index is 1.71. The van der Waals surface area contributed by atoms with Gasteiger partial charge in [0.05, 0.1) is 13.0 Å². The van der Waals surface area contributed by atoms with E-state index in [-0.39, 0.29) is 23.8 Å². The predicted octanol–water partition coefficient (Wildman–Crippen LogP) is 1.18. The van der Waals surface area contributed by atoms with Crippen molar-refractivity contribution in [2.24, 2.45) is 0 Å². The van der Waals surface area contributed by atoms with Crippen molar-refractivity contribution in [2.75, 3.05) is 6.54 Å². The second kappa shape index (κ2) is 6.36. The lowest BCUT2D eigenvalue weighted by atomic mass is 10.1. The molecule has 23 heavy (non-hydrogen) atoms. The van der Waals surface area contributed by atoms with Crippen LogP contribution in [0.2, 0.25) is 0 Å². The number of amides is 1. The Morgan fingerprint density at radius 3 is 2.70 bits per heavy atom. The summed E-state index contributed by atoms with van der Waals surface area (Å²) < 4.78 is 16.0. The monoisotopic (exact) mass is 318 g/mol. The zero-order chi connectivity index (χ0) is 16.4. The summed E-state index contributed by atoms with van der Waals surface area (Å²) in [5, 5.41) is 4.31. The molecule has 1 aliphatic rings. The lowest BCUT2D eigenvalue weighted by Crippen LogP contribution is -2.41. The molecule has 0 aliphatic carbocycles. The van der Waals surface area contributed by atoms with Crippen LogP contribution in [-0.2, 0) is 30.8 Å². The summed E-state index contributed by atoms with van der Waals surface area (Å²) in [4.78, 5) is 26.2. The standard InChI is InChI=1S/C16H19FN4O2/c1-2-7-21-16(23)20-9-8-19(11-14(20)18-21)15(22)10-12-3-5-13(17)6-4-12/h3-6H,2,7-11H2,1H3. The average Bonchev–Trinajstić information content (AvgIpc) is 2.86. The molecule has 1 amide bonds. The normalized spacial score (nSPS) is 13.9. The molecule has 0 N–H and O–H groups in total. The van der Waals surface area contributed by atoms with Gasteiger partial charge in [0, 0.05) is 19.6 Å². The molecule has 0 radical (unpaired) electrons. The van der Waals surface area contributed by atoms with E-state index >= 15 is 0 Å². The van der Waals surface area contributed by atoms with Gasteiger partial charge in [0.1, 0.15) is 5.82 Å². The van der Waals surface area contributed by atoms with Gasteiger partial charge in [0.2, 0.25) is 5.91 Å². The zero-order valence-electron chi connectivity index (χ0n) is 13.0. The maximum atomic E-state index is 12.9. The molecule has 0 saturated carbocycles. The quantitative estimate of drug-likeness (QED) is 0.850. The van der Waals surface area contributed by atoms with Gasteiger partial charge in [0.25, 0.3) is 0 Å². The first-order valence-corrected chi connectivity index (χ1v) is 7.77. The minimum absolute atomic E-state index is 0.0413. The molecule has 1 aliphatic heterocycles. The van der Waals surface area contributed by atoms with Gasteiger partial charge in [-0.15, -0.1) is 0 Å². The number of carbonyl (C=O) groups is 1. The Labute approximate surface area is 133 Å². The molecular weight excluding hydrogens is 299 g/mol. The summed E-state index contributed by atoms with van der Waals surface area (Å²) >= 11 is 0. The van der Waals surface area contributed by atoms with Crippen LogP contribution in [0, 0.1) is 5.82 Å². The van der Waals surface area contributed by atoms with E-state index in [1.165, 1.54) is 16.8 Å². The minimum Gasteiger partial charge on any atom is -0.333 e. The van der Waals surface area contributed by atoms with Crippen molar-refractivity contribution >= 4 is 5.91 Å². The smallest absolute Gasteiger partial charge is 0.333 e. The Hall–Kier alpha value is -2.44. The molecule has 0 atom stereocenters. The molecule has 6 nitrogen and oxygen atoms in total. The van der Waals surface area contributed by atoms with Crippen LogP contribution < -0.4 is 5.69 Å². The molecule has 2 heterocycles. The molecule has 3 rings (SSSR count). The number of hydrogen-bond donors (Lipinski definition) is 0. The fourth-order valence-electron chi connectivity index (χ4n) is 2.76. The van der Waals surface area contributed by atoms with E-state index in [4.69, 9.17) is 0 Å². The molecule has 0 bridgehead atoms. The fraction of sp³-hybridized carbons (Fsp3) is 0.438. The number of fused-ring (bicyclic) bond motifs is 1. The Kier molecular flexibility index (Phi) is 4.27. The molecule has 0 saturated heterocycles. The topological polar surface area (TPSA) is 60.1 Å². The molecule has 0 unspecified atom stereocenters. The van der Waals surface area contributed by atoms with E-state index in [0.29, 0.717) is 32.0 Å². The van der Waals surface area contributed by atoms with Gasteiger partial charge in [-0.25, -0.2) is 13.9 Å². The second-order valence-corrected chi connectivity index (χ2v) is 5.69. The van der Waals surface area contributed by atoms with E-state index in [9.17, 15) is 14.0 Å². The van der Waals surface area contributed by atoms with Crippen LogP contribution in [-0.4, -0.2) is 31.7 Å². The summed E-state index contributed by atoms with van der Waals surface area (Å²) in [6.07, 6.45) is 1.06. The van der Waals surface area contributed by atoms with E-state index in [2.05, 4.69) is 5.10 Å². The molecule has 2 aromatic rings. The summed E-state index contributed by atoms with van der Waals surface area (Å²) in [6, 6.07) is 5.93. The van der Waals surface area contributed by atoms with E-state index in [1.807, 2.05) is 6.92 Å². The Morgan fingerprint density at radius 1 is 1.26 bits per heavy atom. The number of benzene rings is 1. The van der Waals surface area contributed by atoms with Crippen LogP contribution in [0.25, 0.3) is 0 Å². The first kappa shape index (κ1) is 15.5. The van der Waals surface area contributed by atoms with Crippen LogP contribution in [0.4, 0.5) is 4.39 Å². The zero-order valence-corrected chi connectivity index (χ0v) is 13.0. The SMILES string of the molecule is CCCn1nc2n(c1=O)CCN(C(=O)Cc1ccc(F)cc1)C2. The number of carbonyl (C=O) groups excluding carboxylic acids is 1. The van der Waals surface area contributed by atoms with Gasteiger partial charge < -0.3 is 4.90 Å². The van der Waals surface area contributed by atoms with Crippen molar-refractivity contribution in [2.45, 2.75) is 39.4 Å². The van der Waals surface area contributed by atoms with Gasteiger partial charge in [-0.3, -0.25) is 9.36 Å². The lowest BCUT2D eigenvalue weighted by Gasteiger charge is -2.26. The number of aromatic nitrogens is 3.